The number of amides is 2. The maximum atomic E-state index is 13.9. The first-order valence-electron chi connectivity index (χ1n) is 11.2. The van der Waals surface area contributed by atoms with E-state index in [-0.39, 0.29) is 5.91 Å². The van der Waals surface area contributed by atoms with Crippen LogP contribution < -0.4 is 5.48 Å². The first-order valence-corrected chi connectivity index (χ1v) is 11.2. The van der Waals surface area contributed by atoms with Crippen LogP contribution in [0.2, 0.25) is 0 Å². The van der Waals surface area contributed by atoms with Gasteiger partial charge in [-0.1, -0.05) is 72.8 Å². The molecule has 1 aliphatic heterocycles. The van der Waals surface area contributed by atoms with Crippen molar-refractivity contribution in [2.75, 3.05) is 6.54 Å². The molecule has 0 spiro atoms. The number of nitrogens with zero attached hydrogens (tertiary/aromatic N) is 1. The first-order chi connectivity index (χ1) is 16.6. The number of nitrogens with one attached hydrogen (secondary N) is 1. The van der Waals surface area contributed by atoms with Gasteiger partial charge in [0.2, 0.25) is 0 Å². The Balaban J connectivity index is 1.52. The van der Waals surface area contributed by atoms with Gasteiger partial charge in [0.15, 0.2) is 0 Å². The highest BCUT2D eigenvalue weighted by Crippen LogP contribution is 2.28. The Bertz CT molecular complexity index is 1410. The second-order valence-corrected chi connectivity index (χ2v) is 8.43. The summed E-state index contributed by atoms with van der Waals surface area (Å²) in [5.74, 6) is -0.617. The van der Waals surface area contributed by atoms with E-state index in [1.807, 2.05) is 77.7 Å². The lowest BCUT2D eigenvalue weighted by atomic mass is 9.94. The molecule has 0 unspecified atom stereocenters. The SMILES string of the molecule is O=C(NO)c1ccc2c(c1)CN(C(=O)/C(=C/c1ccccc1)c1ccc3ccccc3c1)CC2. The summed E-state index contributed by atoms with van der Waals surface area (Å²) in [7, 11) is 0. The number of carbonyl (C=O) groups excluding carboxylic acids is 2. The second-order valence-electron chi connectivity index (χ2n) is 8.43. The van der Waals surface area contributed by atoms with E-state index in [0.29, 0.717) is 30.6 Å². The Morgan fingerprint density at radius 3 is 2.32 bits per heavy atom. The van der Waals surface area contributed by atoms with Gasteiger partial charge in [0.1, 0.15) is 0 Å². The molecule has 1 aliphatic rings. The van der Waals surface area contributed by atoms with Crippen LogP contribution in [0, 0.1) is 0 Å². The van der Waals surface area contributed by atoms with Gasteiger partial charge in [0.05, 0.1) is 0 Å². The summed E-state index contributed by atoms with van der Waals surface area (Å²) in [4.78, 5) is 27.6. The van der Waals surface area contributed by atoms with Crippen molar-refractivity contribution in [1.29, 1.82) is 0 Å². The van der Waals surface area contributed by atoms with Gasteiger partial charge < -0.3 is 4.90 Å². The first kappa shape index (κ1) is 21.6. The molecule has 0 saturated carbocycles. The Kier molecular flexibility index (Phi) is 5.93. The monoisotopic (exact) mass is 448 g/mol. The van der Waals surface area contributed by atoms with Crippen molar-refractivity contribution in [2.24, 2.45) is 0 Å². The predicted molar refractivity (Wildman–Crippen MR) is 133 cm³/mol. The summed E-state index contributed by atoms with van der Waals surface area (Å²) in [5.41, 5.74) is 6.52. The van der Waals surface area contributed by atoms with Gasteiger partial charge in [-0.25, -0.2) is 5.48 Å². The van der Waals surface area contributed by atoms with Crippen molar-refractivity contribution in [2.45, 2.75) is 13.0 Å². The molecule has 0 aliphatic carbocycles. The van der Waals surface area contributed by atoms with E-state index in [1.54, 1.807) is 17.6 Å². The standard InChI is InChI=1S/C29H24N2O3/c32-28(30-34)25-13-11-22-14-15-31(19-26(22)18-25)29(33)27(16-20-6-2-1-3-7-20)24-12-10-21-8-4-5-9-23(21)17-24/h1-13,16-18,34H,14-15,19H2,(H,30,32)/b27-16+. The van der Waals surface area contributed by atoms with Crippen molar-refractivity contribution in [3.05, 3.63) is 119 Å². The van der Waals surface area contributed by atoms with Crippen LogP contribution in [0.15, 0.2) is 91.0 Å². The van der Waals surface area contributed by atoms with Gasteiger partial charge in [-0.15, -0.1) is 0 Å². The van der Waals surface area contributed by atoms with Crippen molar-refractivity contribution >= 4 is 34.2 Å². The third kappa shape index (κ3) is 4.34. The molecule has 2 amide bonds. The molecule has 5 heteroatoms. The van der Waals surface area contributed by atoms with Gasteiger partial charge in [-0.3, -0.25) is 14.8 Å². The molecule has 1 heterocycles. The highest BCUT2D eigenvalue weighted by Gasteiger charge is 2.25. The summed E-state index contributed by atoms with van der Waals surface area (Å²) in [6.45, 7) is 0.998. The summed E-state index contributed by atoms with van der Waals surface area (Å²) in [5, 5.41) is 11.2. The molecular weight excluding hydrogens is 424 g/mol. The van der Waals surface area contributed by atoms with E-state index in [9.17, 15) is 9.59 Å². The minimum absolute atomic E-state index is 0.0539. The molecule has 34 heavy (non-hydrogen) atoms. The van der Waals surface area contributed by atoms with Gasteiger partial charge >= 0.3 is 0 Å². The van der Waals surface area contributed by atoms with Crippen molar-refractivity contribution in [1.82, 2.24) is 10.4 Å². The Labute approximate surface area is 197 Å². The predicted octanol–water partition coefficient (Wildman–Crippen LogP) is 5.08. The lowest BCUT2D eigenvalue weighted by Gasteiger charge is -2.30. The number of rotatable bonds is 4. The van der Waals surface area contributed by atoms with E-state index < -0.39 is 5.91 Å². The summed E-state index contributed by atoms with van der Waals surface area (Å²) < 4.78 is 0. The highest BCUT2D eigenvalue weighted by molar-refractivity contribution is 6.24. The number of benzene rings is 4. The van der Waals surface area contributed by atoms with Crippen molar-refractivity contribution in [3.8, 4) is 0 Å². The topological polar surface area (TPSA) is 69.6 Å². The molecule has 2 N–H and O–H groups in total. The number of carbonyl (C=O) groups is 2. The van der Waals surface area contributed by atoms with Crippen molar-refractivity contribution in [3.63, 3.8) is 0 Å². The highest BCUT2D eigenvalue weighted by atomic mass is 16.5. The lowest BCUT2D eigenvalue weighted by Crippen LogP contribution is -2.36. The van der Waals surface area contributed by atoms with Gasteiger partial charge in [0.25, 0.3) is 11.8 Å². The quantitative estimate of drug-likeness (QED) is 0.198. The van der Waals surface area contributed by atoms with Crippen LogP contribution in [0.4, 0.5) is 0 Å². The fraction of sp³-hybridized carbons (Fsp3) is 0.103. The van der Waals surface area contributed by atoms with Crippen LogP contribution in [0.25, 0.3) is 22.4 Å². The lowest BCUT2D eigenvalue weighted by molar-refractivity contribution is -0.125. The van der Waals surface area contributed by atoms with Crippen molar-refractivity contribution < 1.29 is 14.8 Å². The molecular formula is C29H24N2O3. The molecule has 0 aromatic heterocycles. The fourth-order valence-electron chi connectivity index (χ4n) is 4.45. The van der Waals surface area contributed by atoms with Crippen LogP contribution in [0.5, 0.6) is 0 Å². The van der Waals surface area contributed by atoms with Gasteiger partial charge in [-0.2, -0.15) is 0 Å². The van der Waals surface area contributed by atoms with Crippen LogP contribution >= 0.6 is 0 Å². The molecule has 0 radical (unpaired) electrons. The van der Waals surface area contributed by atoms with Crippen LogP contribution in [-0.2, 0) is 17.8 Å². The molecule has 4 aromatic rings. The summed E-state index contributed by atoms with van der Waals surface area (Å²) in [6.07, 6.45) is 2.65. The molecule has 0 saturated heterocycles. The maximum absolute atomic E-state index is 13.9. The van der Waals surface area contributed by atoms with Gasteiger partial charge in [0, 0.05) is 24.2 Å². The molecule has 0 bridgehead atoms. The van der Waals surface area contributed by atoms with E-state index in [1.165, 1.54) is 0 Å². The number of hydroxylamine groups is 1. The molecule has 168 valence electrons. The number of hydrogen-bond donors (Lipinski definition) is 2. The second kappa shape index (κ2) is 9.33. The van der Waals surface area contributed by atoms with Crippen LogP contribution in [-0.4, -0.2) is 28.5 Å². The van der Waals surface area contributed by atoms with E-state index >= 15 is 0 Å². The van der Waals surface area contributed by atoms with Crippen LogP contribution in [0.3, 0.4) is 0 Å². The third-order valence-corrected chi connectivity index (χ3v) is 6.27. The van der Waals surface area contributed by atoms with E-state index in [0.717, 1.165) is 33.0 Å². The maximum Gasteiger partial charge on any atom is 0.274 e. The van der Waals surface area contributed by atoms with Gasteiger partial charge in [-0.05, 0) is 63.7 Å². The fourth-order valence-corrected chi connectivity index (χ4v) is 4.45. The smallest absolute Gasteiger partial charge is 0.274 e. The average molecular weight is 449 g/mol. The Morgan fingerprint density at radius 1 is 0.794 bits per heavy atom. The number of fused-ring (bicyclic) bond motifs is 2. The average Bonchev–Trinajstić information content (AvgIpc) is 2.90. The zero-order valence-electron chi connectivity index (χ0n) is 18.6. The van der Waals surface area contributed by atoms with Crippen LogP contribution in [0.1, 0.15) is 32.6 Å². The zero-order chi connectivity index (χ0) is 23.5. The Morgan fingerprint density at radius 2 is 1.53 bits per heavy atom. The number of hydrogen-bond acceptors (Lipinski definition) is 3. The largest absolute Gasteiger partial charge is 0.334 e. The summed E-state index contributed by atoms with van der Waals surface area (Å²) >= 11 is 0. The molecule has 4 aromatic carbocycles. The molecule has 0 atom stereocenters. The molecule has 5 rings (SSSR count). The zero-order valence-corrected chi connectivity index (χ0v) is 18.6. The normalized spacial score (nSPS) is 13.4. The minimum Gasteiger partial charge on any atom is -0.334 e. The molecule has 0 fully saturated rings. The Hall–Kier alpha value is -4.22. The third-order valence-electron chi connectivity index (χ3n) is 6.27. The minimum atomic E-state index is -0.563. The molecule has 5 nitrogen and oxygen atoms in total. The van der Waals surface area contributed by atoms with E-state index in [4.69, 9.17) is 5.21 Å². The summed E-state index contributed by atoms with van der Waals surface area (Å²) in [6, 6.07) is 29.4. The van der Waals surface area contributed by atoms with E-state index in [2.05, 4.69) is 12.1 Å².